The smallest absolute Gasteiger partial charge is 0.0163 e. The molecule has 1 nitrogen and oxygen atoms in total. The van der Waals surface area contributed by atoms with Gasteiger partial charge in [-0.15, -0.1) is 12.4 Å². The molecule has 2 rings (SSSR count). The first kappa shape index (κ1) is 15.3. The number of halogens is 1. The Hall–Kier alpha value is -0.790. The fourth-order valence-corrected chi connectivity index (χ4v) is 2.31. The molecule has 1 aliphatic rings. The Bertz CT molecular complexity index is 350. The lowest BCUT2D eigenvalue weighted by molar-refractivity contribution is 0.251. The summed E-state index contributed by atoms with van der Waals surface area (Å²) in [6.07, 6.45) is 9.87. The predicted molar refractivity (Wildman–Crippen MR) is 81.6 cm³/mol. The van der Waals surface area contributed by atoms with Crippen LogP contribution in [0.5, 0.6) is 0 Å². The largest absolute Gasteiger partial charge is 0.300 e. The number of likely N-dealkylation sites (tertiary alicyclic amines) is 1. The number of rotatable bonds is 4. The molecule has 18 heavy (non-hydrogen) atoms. The van der Waals surface area contributed by atoms with Crippen LogP contribution < -0.4 is 0 Å². The van der Waals surface area contributed by atoms with Crippen LogP contribution >= 0.6 is 12.4 Å². The lowest BCUT2D eigenvalue weighted by Crippen LogP contribution is -2.29. The third kappa shape index (κ3) is 5.24. The van der Waals surface area contributed by atoms with Gasteiger partial charge in [-0.1, -0.05) is 48.4 Å². The van der Waals surface area contributed by atoms with E-state index in [1.807, 2.05) is 0 Å². The van der Waals surface area contributed by atoms with Crippen LogP contribution in [0.1, 0.15) is 30.4 Å². The SMILES string of the molecule is Cc1ccc(C/C=C/CN2CCCCC2)cc1.Cl. The Labute approximate surface area is 117 Å². The van der Waals surface area contributed by atoms with Gasteiger partial charge in [0.25, 0.3) is 0 Å². The van der Waals surface area contributed by atoms with E-state index in [0.717, 1.165) is 13.0 Å². The maximum Gasteiger partial charge on any atom is 0.0163 e. The molecule has 1 saturated heterocycles. The van der Waals surface area contributed by atoms with Crippen molar-refractivity contribution in [3.63, 3.8) is 0 Å². The minimum atomic E-state index is 0. The summed E-state index contributed by atoms with van der Waals surface area (Å²) >= 11 is 0. The van der Waals surface area contributed by atoms with Crippen molar-refractivity contribution in [3.05, 3.63) is 47.5 Å². The number of benzene rings is 1. The van der Waals surface area contributed by atoms with E-state index in [2.05, 4.69) is 48.2 Å². The highest BCUT2D eigenvalue weighted by molar-refractivity contribution is 5.85. The first-order valence-electron chi connectivity index (χ1n) is 6.77. The van der Waals surface area contributed by atoms with E-state index in [1.165, 1.54) is 43.5 Å². The number of hydrogen-bond acceptors (Lipinski definition) is 1. The molecule has 0 spiro atoms. The summed E-state index contributed by atoms with van der Waals surface area (Å²) < 4.78 is 0. The normalized spacial score (nSPS) is 16.7. The fraction of sp³-hybridized carbons (Fsp3) is 0.500. The second kappa shape index (κ2) is 8.34. The van der Waals surface area contributed by atoms with Crippen molar-refractivity contribution < 1.29 is 0 Å². The zero-order valence-electron chi connectivity index (χ0n) is 11.3. The van der Waals surface area contributed by atoms with Crippen molar-refractivity contribution >= 4 is 12.4 Å². The average Bonchev–Trinajstić information content (AvgIpc) is 2.38. The molecule has 0 bridgehead atoms. The monoisotopic (exact) mass is 265 g/mol. The van der Waals surface area contributed by atoms with E-state index >= 15 is 0 Å². The summed E-state index contributed by atoms with van der Waals surface area (Å²) in [5.41, 5.74) is 2.75. The van der Waals surface area contributed by atoms with Crippen molar-refractivity contribution in [2.75, 3.05) is 19.6 Å². The van der Waals surface area contributed by atoms with Crippen molar-refractivity contribution in [3.8, 4) is 0 Å². The molecule has 2 heteroatoms. The highest BCUT2D eigenvalue weighted by Crippen LogP contribution is 2.08. The molecule has 1 aromatic rings. The van der Waals surface area contributed by atoms with Crippen LogP contribution in [0.2, 0.25) is 0 Å². The second-order valence-electron chi connectivity index (χ2n) is 5.02. The maximum atomic E-state index is 2.55. The molecule has 0 amide bonds. The van der Waals surface area contributed by atoms with Crippen LogP contribution in [0.4, 0.5) is 0 Å². The molecule has 0 saturated carbocycles. The van der Waals surface area contributed by atoms with E-state index in [0.29, 0.717) is 0 Å². The number of piperidine rings is 1. The summed E-state index contributed by atoms with van der Waals surface area (Å²) in [7, 11) is 0. The van der Waals surface area contributed by atoms with Gasteiger partial charge in [0.2, 0.25) is 0 Å². The molecule has 1 aliphatic heterocycles. The van der Waals surface area contributed by atoms with Gasteiger partial charge in [-0.25, -0.2) is 0 Å². The summed E-state index contributed by atoms with van der Waals surface area (Å²) in [5.74, 6) is 0. The molecular weight excluding hydrogens is 242 g/mol. The lowest BCUT2D eigenvalue weighted by Gasteiger charge is -2.24. The van der Waals surface area contributed by atoms with Crippen molar-refractivity contribution in [2.24, 2.45) is 0 Å². The van der Waals surface area contributed by atoms with E-state index in [-0.39, 0.29) is 12.4 Å². The molecule has 100 valence electrons. The second-order valence-corrected chi connectivity index (χ2v) is 5.02. The van der Waals surface area contributed by atoms with Crippen molar-refractivity contribution in [2.45, 2.75) is 32.6 Å². The van der Waals surface area contributed by atoms with Gasteiger partial charge < -0.3 is 0 Å². The number of aryl methyl sites for hydroxylation is 1. The Kier molecular flexibility index (Phi) is 7.07. The highest BCUT2D eigenvalue weighted by Gasteiger charge is 2.06. The fourth-order valence-electron chi connectivity index (χ4n) is 2.31. The van der Waals surface area contributed by atoms with Gasteiger partial charge in [0.15, 0.2) is 0 Å². The topological polar surface area (TPSA) is 3.24 Å². The van der Waals surface area contributed by atoms with Gasteiger partial charge in [-0.3, -0.25) is 4.90 Å². The van der Waals surface area contributed by atoms with E-state index in [9.17, 15) is 0 Å². The molecule has 1 fully saturated rings. The maximum absolute atomic E-state index is 2.55. The standard InChI is InChI=1S/C16H23N.ClH/c1-15-8-10-16(11-9-15)7-3-6-14-17-12-4-2-5-13-17;/h3,6,8-11H,2,4-5,7,12-14H2,1H3;1H/b6-3+;. The minimum Gasteiger partial charge on any atom is -0.300 e. The lowest BCUT2D eigenvalue weighted by atomic mass is 10.1. The first-order valence-corrected chi connectivity index (χ1v) is 6.77. The van der Waals surface area contributed by atoms with E-state index in [1.54, 1.807) is 0 Å². The Morgan fingerprint density at radius 3 is 2.33 bits per heavy atom. The van der Waals surface area contributed by atoms with Crippen molar-refractivity contribution in [1.82, 2.24) is 4.90 Å². The molecular formula is C16H24ClN. The predicted octanol–water partition coefficient (Wildman–Crippen LogP) is 4.00. The number of nitrogens with zero attached hydrogens (tertiary/aromatic N) is 1. The summed E-state index contributed by atoms with van der Waals surface area (Å²) in [6, 6.07) is 8.82. The van der Waals surface area contributed by atoms with Crippen LogP contribution in [0.15, 0.2) is 36.4 Å². The Balaban J connectivity index is 0.00000162. The average molecular weight is 266 g/mol. The minimum absolute atomic E-state index is 0. The van der Waals surface area contributed by atoms with Gasteiger partial charge in [-0.05, 0) is 44.8 Å². The van der Waals surface area contributed by atoms with Gasteiger partial charge in [-0.2, -0.15) is 0 Å². The molecule has 1 heterocycles. The van der Waals surface area contributed by atoms with Gasteiger partial charge in [0, 0.05) is 6.54 Å². The zero-order valence-corrected chi connectivity index (χ0v) is 12.1. The highest BCUT2D eigenvalue weighted by atomic mass is 35.5. The summed E-state index contributed by atoms with van der Waals surface area (Å²) in [4.78, 5) is 2.55. The quantitative estimate of drug-likeness (QED) is 0.744. The van der Waals surface area contributed by atoms with Crippen LogP contribution in [0.3, 0.4) is 0 Å². The van der Waals surface area contributed by atoms with Crippen LogP contribution in [-0.4, -0.2) is 24.5 Å². The van der Waals surface area contributed by atoms with E-state index in [4.69, 9.17) is 0 Å². The third-order valence-corrected chi connectivity index (χ3v) is 3.45. The zero-order chi connectivity index (χ0) is 11.9. The van der Waals surface area contributed by atoms with Crippen LogP contribution in [-0.2, 0) is 6.42 Å². The van der Waals surface area contributed by atoms with Gasteiger partial charge in [0.05, 0.1) is 0 Å². The third-order valence-electron chi connectivity index (χ3n) is 3.45. The molecule has 0 aromatic heterocycles. The molecule has 0 unspecified atom stereocenters. The summed E-state index contributed by atoms with van der Waals surface area (Å²) in [6.45, 7) is 5.84. The van der Waals surface area contributed by atoms with Gasteiger partial charge in [0.1, 0.15) is 0 Å². The number of hydrogen-bond donors (Lipinski definition) is 0. The Morgan fingerprint density at radius 1 is 1.00 bits per heavy atom. The van der Waals surface area contributed by atoms with Gasteiger partial charge >= 0.3 is 0 Å². The molecule has 0 aliphatic carbocycles. The molecule has 0 atom stereocenters. The number of allylic oxidation sites excluding steroid dienone is 1. The van der Waals surface area contributed by atoms with Crippen LogP contribution in [0.25, 0.3) is 0 Å². The molecule has 0 radical (unpaired) electrons. The van der Waals surface area contributed by atoms with E-state index < -0.39 is 0 Å². The van der Waals surface area contributed by atoms with Crippen LogP contribution in [0, 0.1) is 6.92 Å². The first-order chi connectivity index (χ1) is 8.34. The molecule has 0 N–H and O–H groups in total. The Morgan fingerprint density at radius 2 is 1.67 bits per heavy atom. The van der Waals surface area contributed by atoms with Crippen molar-refractivity contribution in [1.29, 1.82) is 0 Å². The summed E-state index contributed by atoms with van der Waals surface area (Å²) in [5, 5.41) is 0. The molecule has 1 aromatic carbocycles.